The number of alkyl halides is 3. The Morgan fingerprint density at radius 2 is 1.92 bits per heavy atom. The van der Waals surface area contributed by atoms with Crippen LogP contribution in [0.1, 0.15) is 36.5 Å². The lowest BCUT2D eigenvalue weighted by Gasteiger charge is -2.26. The number of piperidine rings is 1. The van der Waals surface area contributed by atoms with Gasteiger partial charge in [0, 0.05) is 19.5 Å². The van der Waals surface area contributed by atoms with Crippen LogP contribution in [0.15, 0.2) is 24.3 Å². The molecule has 1 aromatic rings. The number of aliphatic hydroxyl groups is 1. The third kappa shape index (κ3) is 4.95. The molecule has 1 atom stereocenters. The highest BCUT2D eigenvalue weighted by Gasteiger charge is 2.30. The maximum absolute atomic E-state index is 12.5. The first-order chi connectivity index (χ1) is 11.3. The highest BCUT2D eigenvalue weighted by molar-refractivity contribution is 5.85. The lowest BCUT2D eigenvalue weighted by Crippen LogP contribution is -2.43. The average Bonchev–Trinajstić information content (AvgIpc) is 2.54. The smallest absolute Gasteiger partial charge is 0.387 e. The Balaban J connectivity index is 1.82. The molecule has 0 spiro atoms. The number of halogens is 3. The largest absolute Gasteiger partial charge is 0.416 e. The fraction of sp³-hybridized carbons (Fsp3) is 0.500. The first-order valence-electron chi connectivity index (χ1n) is 7.67. The number of carbonyl (C=O) groups is 2. The number of rotatable bonds is 5. The fourth-order valence-corrected chi connectivity index (χ4v) is 2.48. The van der Waals surface area contributed by atoms with Crippen LogP contribution in [-0.2, 0) is 15.8 Å². The summed E-state index contributed by atoms with van der Waals surface area (Å²) in [5, 5.41) is 12.4. The molecule has 1 heterocycles. The van der Waals surface area contributed by atoms with Crippen molar-refractivity contribution in [3.8, 4) is 0 Å². The molecule has 1 fully saturated rings. The normalized spacial score (nSPS) is 16.8. The Bertz CT molecular complexity index is 587. The quantitative estimate of drug-likeness (QED) is 0.857. The van der Waals surface area contributed by atoms with Crippen LogP contribution < -0.4 is 5.32 Å². The zero-order chi connectivity index (χ0) is 17.7. The zero-order valence-electron chi connectivity index (χ0n) is 13.0. The number of nitrogens with one attached hydrogen (secondary N) is 1. The molecule has 2 amide bonds. The van der Waals surface area contributed by atoms with Crippen LogP contribution in [-0.4, -0.2) is 41.5 Å². The van der Waals surface area contributed by atoms with Gasteiger partial charge in [0.1, 0.15) is 0 Å². The average molecular weight is 344 g/mol. The Morgan fingerprint density at radius 1 is 1.25 bits per heavy atom. The van der Waals surface area contributed by atoms with E-state index in [-0.39, 0.29) is 24.6 Å². The van der Waals surface area contributed by atoms with Crippen LogP contribution in [0.5, 0.6) is 0 Å². The van der Waals surface area contributed by atoms with Crippen LogP contribution >= 0.6 is 0 Å². The third-order valence-electron chi connectivity index (χ3n) is 3.87. The van der Waals surface area contributed by atoms with Gasteiger partial charge in [0.15, 0.2) is 0 Å². The van der Waals surface area contributed by atoms with E-state index in [4.69, 9.17) is 0 Å². The summed E-state index contributed by atoms with van der Waals surface area (Å²) in [6, 6.07) is 4.11. The number of carbonyl (C=O) groups excluding carboxylic acids is 2. The number of amides is 2. The van der Waals surface area contributed by atoms with Gasteiger partial charge in [-0.3, -0.25) is 9.59 Å². The number of benzene rings is 1. The number of hydrogen-bond donors (Lipinski definition) is 2. The molecule has 1 aliphatic rings. The summed E-state index contributed by atoms with van der Waals surface area (Å²) in [6.45, 7) is 0.332. The first-order valence-corrected chi connectivity index (χ1v) is 7.67. The van der Waals surface area contributed by atoms with Gasteiger partial charge in [0.05, 0.1) is 18.2 Å². The predicted octanol–water partition coefficient (Wildman–Crippen LogP) is 1.87. The molecule has 1 saturated heterocycles. The van der Waals surface area contributed by atoms with Crippen molar-refractivity contribution in [2.24, 2.45) is 0 Å². The second-order valence-electron chi connectivity index (χ2n) is 5.71. The molecule has 1 aliphatic heterocycles. The van der Waals surface area contributed by atoms with E-state index in [1.807, 2.05) is 0 Å². The molecule has 132 valence electrons. The minimum Gasteiger partial charge on any atom is -0.387 e. The van der Waals surface area contributed by atoms with Crippen LogP contribution in [0.25, 0.3) is 0 Å². The Morgan fingerprint density at radius 3 is 2.50 bits per heavy atom. The van der Waals surface area contributed by atoms with Gasteiger partial charge in [-0.15, -0.1) is 0 Å². The molecular weight excluding hydrogens is 325 g/mol. The number of nitrogens with zero attached hydrogens (tertiary/aromatic N) is 1. The van der Waals surface area contributed by atoms with E-state index in [1.165, 1.54) is 17.0 Å². The van der Waals surface area contributed by atoms with E-state index in [9.17, 15) is 27.9 Å². The molecule has 24 heavy (non-hydrogen) atoms. The summed E-state index contributed by atoms with van der Waals surface area (Å²) in [4.78, 5) is 24.9. The van der Waals surface area contributed by atoms with Gasteiger partial charge < -0.3 is 15.3 Å². The van der Waals surface area contributed by atoms with Crippen molar-refractivity contribution >= 4 is 11.8 Å². The van der Waals surface area contributed by atoms with E-state index < -0.39 is 23.8 Å². The summed E-state index contributed by atoms with van der Waals surface area (Å²) in [5.74, 6) is -0.476. The second-order valence-corrected chi connectivity index (χ2v) is 5.71. The van der Waals surface area contributed by atoms with Gasteiger partial charge >= 0.3 is 6.18 Å². The van der Waals surface area contributed by atoms with Gasteiger partial charge in [-0.25, -0.2) is 0 Å². The monoisotopic (exact) mass is 344 g/mol. The van der Waals surface area contributed by atoms with Crippen LogP contribution in [0.3, 0.4) is 0 Å². The lowest BCUT2D eigenvalue weighted by atomic mass is 10.1. The van der Waals surface area contributed by atoms with Crippen molar-refractivity contribution in [2.75, 3.05) is 19.6 Å². The summed E-state index contributed by atoms with van der Waals surface area (Å²) in [6.07, 6.45) is -3.44. The van der Waals surface area contributed by atoms with Crippen molar-refractivity contribution in [3.63, 3.8) is 0 Å². The molecule has 0 bridgehead atoms. The predicted molar refractivity (Wildman–Crippen MR) is 79.8 cm³/mol. The Hall–Kier alpha value is -2.09. The summed E-state index contributed by atoms with van der Waals surface area (Å²) >= 11 is 0. The first kappa shape index (κ1) is 18.3. The lowest BCUT2D eigenvalue weighted by molar-refractivity contribution is -0.138. The van der Waals surface area contributed by atoms with Crippen LogP contribution in [0.2, 0.25) is 0 Å². The van der Waals surface area contributed by atoms with E-state index >= 15 is 0 Å². The van der Waals surface area contributed by atoms with Gasteiger partial charge in [0.25, 0.3) is 0 Å². The van der Waals surface area contributed by atoms with Crippen LogP contribution in [0, 0.1) is 0 Å². The summed E-state index contributed by atoms with van der Waals surface area (Å²) < 4.78 is 37.4. The maximum atomic E-state index is 12.5. The van der Waals surface area contributed by atoms with Gasteiger partial charge in [0.2, 0.25) is 11.8 Å². The van der Waals surface area contributed by atoms with Crippen molar-refractivity contribution in [3.05, 3.63) is 35.4 Å². The minimum atomic E-state index is -4.43. The van der Waals surface area contributed by atoms with E-state index in [1.54, 1.807) is 0 Å². The minimum absolute atomic E-state index is 0.0697. The van der Waals surface area contributed by atoms with E-state index in [0.29, 0.717) is 13.0 Å². The second kappa shape index (κ2) is 7.65. The number of likely N-dealkylation sites (tertiary alicyclic amines) is 1. The Labute approximate surface area is 137 Å². The third-order valence-corrected chi connectivity index (χ3v) is 3.87. The molecule has 5 nitrogen and oxygen atoms in total. The molecule has 2 rings (SSSR count). The van der Waals surface area contributed by atoms with Gasteiger partial charge in [-0.05, 0) is 30.5 Å². The summed E-state index contributed by atoms with van der Waals surface area (Å²) in [7, 11) is 0. The molecule has 0 aromatic heterocycles. The maximum Gasteiger partial charge on any atom is 0.416 e. The zero-order valence-corrected chi connectivity index (χ0v) is 13.0. The van der Waals surface area contributed by atoms with E-state index in [2.05, 4.69) is 5.32 Å². The highest BCUT2D eigenvalue weighted by Crippen LogP contribution is 2.29. The molecule has 1 aromatic carbocycles. The number of hydrogen-bond acceptors (Lipinski definition) is 3. The van der Waals surface area contributed by atoms with Crippen LogP contribution in [0.4, 0.5) is 13.2 Å². The molecule has 2 N–H and O–H groups in total. The molecule has 0 radical (unpaired) electrons. The van der Waals surface area contributed by atoms with Crippen molar-refractivity contribution in [1.82, 2.24) is 10.2 Å². The van der Waals surface area contributed by atoms with Crippen molar-refractivity contribution in [2.45, 2.75) is 31.5 Å². The molecule has 0 aliphatic carbocycles. The number of aliphatic hydroxyl groups excluding tert-OH is 1. The van der Waals surface area contributed by atoms with Crippen molar-refractivity contribution < 1.29 is 27.9 Å². The highest BCUT2D eigenvalue weighted by atomic mass is 19.4. The van der Waals surface area contributed by atoms with Crippen molar-refractivity contribution in [1.29, 1.82) is 0 Å². The van der Waals surface area contributed by atoms with Gasteiger partial charge in [-0.2, -0.15) is 13.2 Å². The molecule has 0 unspecified atom stereocenters. The Kier molecular flexibility index (Phi) is 5.82. The fourth-order valence-electron chi connectivity index (χ4n) is 2.48. The standard InChI is InChI=1S/C16H19F3N2O3/c17-16(18,19)12-6-4-11(5-7-12)13(22)9-20-14(23)10-21-8-2-1-3-15(21)24/h4-7,13,22H,1-3,8-10H2,(H,20,23)/t13-/m0/s1. The molecule has 0 saturated carbocycles. The van der Waals surface area contributed by atoms with E-state index in [0.717, 1.165) is 25.0 Å². The molecule has 8 heteroatoms. The summed E-state index contributed by atoms with van der Waals surface area (Å²) in [5.41, 5.74) is -0.525. The topological polar surface area (TPSA) is 69.6 Å². The van der Waals surface area contributed by atoms with Gasteiger partial charge in [-0.1, -0.05) is 12.1 Å². The SMILES string of the molecule is O=C(CN1CCCCC1=O)NC[C@H](O)c1ccc(C(F)(F)F)cc1. The molecular formula is C16H19F3N2O3.